The topological polar surface area (TPSA) is 12.9 Å². The predicted molar refractivity (Wildman–Crippen MR) is 56.7 cm³/mol. The summed E-state index contributed by atoms with van der Waals surface area (Å²) in [6, 6.07) is 1.75. The van der Waals surface area contributed by atoms with E-state index in [1.807, 2.05) is 0 Å². The molecule has 0 atom stereocenters. The first kappa shape index (κ1) is 9.92. The van der Waals surface area contributed by atoms with Gasteiger partial charge in [0.15, 0.2) is 0 Å². The summed E-state index contributed by atoms with van der Waals surface area (Å²) >= 11 is 7.48. The maximum absolute atomic E-state index is 13.0. The second-order valence-corrected chi connectivity index (χ2v) is 3.52. The van der Waals surface area contributed by atoms with Crippen LogP contribution in [0, 0.1) is 9.52 Å². The van der Waals surface area contributed by atoms with E-state index in [1.165, 1.54) is 6.20 Å². The smallest absolute Gasteiger partial charge is 0.221 e. The summed E-state index contributed by atoms with van der Waals surface area (Å²) in [7, 11) is 0. The number of nitrogens with zero attached hydrogens (tertiary/aromatic N) is 1. The van der Waals surface area contributed by atoms with Crippen LogP contribution in [0.4, 0.5) is 4.39 Å². The molecule has 64 valence electrons. The highest BCUT2D eigenvalue weighted by atomic mass is 127. The highest BCUT2D eigenvalue weighted by Gasteiger charge is 2.02. The van der Waals surface area contributed by atoms with Crippen LogP contribution >= 0.6 is 34.2 Å². The number of rotatable bonds is 2. The van der Waals surface area contributed by atoms with Gasteiger partial charge in [-0.1, -0.05) is 12.2 Å². The zero-order valence-electron chi connectivity index (χ0n) is 6.10. The molecule has 0 aliphatic rings. The third-order valence-corrected chi connectivity index (χ3v) is 2.38. The third-order valence-electron chi connectivity index (χ3n) is 1.26. The summed E-state index contributed by atoms with van der Waals surface area (Å²) in [4.78, 5) is 3.53. The molecule has 0 fully saturated rings. The maximum atomic E-state index is 13.0. The molecule has 0 bridgehead atoms. The van der Waals surface area contributed by atoms with E-state index in [-0.39, 0.29) is 0 Å². The van der Waals surface area contributed by atoms with Gasteiger partial charge in [0.2, 0.25) is 5.95 Å². The predicted octanol–water partition coefficient (Wildman–Crippen LogP) is 3.08. The van der Waals surface area contributed by atoms with Crippen LogP contribution in [-0.4, -0.2) is 10.9 Å². The molecule has 0 saturated heterocycles. The van der Waals surface area contributed by atoms with Crippen molar-refractivity contribution in [3.05, 3.63) is 33.4 Å². The van der Waals surface area contributed by atoms with Gasteiger partial charge in [-0.2, -0.15) is 4.39 Å². The third kappa shape index (κ3) is 2.42. The molecule has 0 spiro atoms. The number of aromatic nitrogens is 1. The summed E-state index contributed by atoms with van der Waals surface area (Å²) in [5.74, 6) is -0.0759. The second-order valence-electron chi connectivity index (χ2n) is 2.05. The van der Waals surface area contributed by atoms with Crippen LogP contribution in [0.25, 0.3) is 6.08 Å². The molecule has 0 N–H and O–H groups in total. The van der Waals surface area contributed by atoms with E-state index in [1.54, 1.807) is 18.2 Å². The minimum atomic E-state index is -0.455. The number of allylic oxidation sites excluding steroid dienone is 1. The van der Waals surface area contributed by atoms with Crippen molar-refractivity contribution in [2.24, 2.45) is 0 Å². The van der Waals surface area contributed by atoms with E-state index < -0.39 is 5.95 Å². The summed E-state index contributed by atoms with van der Waals surface area (Å²) < 4.78 is 13.8. The Kier molecular flexibility index (Phi) is 3.94. The summed E-state index contributed by atoms with van der Waals surface area (Å²) in [6.45, 7) is 0. The largest absolute Gasteiger partial charge is 0.228 e. The fourth-order valence-electron chi connectivity index (χ4n) is 0.737. The van der Waals surface area contributed by atoms with E-state index in [2.05, 4.69) is 27.6 Å². The molecular formula is C8H6ClFIN. The van der Waals surface area contributed by atoms with Crippen molar-refractivity contribution in [2.45, 2.75) is 0 Å². The molecule has 1 nitrogen and oxygen atoms in total. The van der Waals surface area contributed by atoms with Gasteiger partial charge in [0.1, 0.15) is 0 Å². The first-order valence-corrected chi connectivity index (χ1v) is 4.89. The van der Waals surface area contributed by atoms with Gasteiger partial charge in [-0.15, -0.1) is 11.6 Å². The molecule has 1 aromatic heterocycles. The molecule has 12 heavy (non-hydrogen) atoms. The minimum absolute atomic E-state index is 0.379. The molecule has 0 saturated carbocycles. The zero-order valence-corrected chi connectivity index (χ0v) is 9.01. The lowest BCUT2D eigenvalue weighted by atomic mass is 10.2. The number of halogens is 3. The first-order chi connectivity index (χ1) is 5.75. The van der Waals surface area contributed by atoms with Crippen molar-refractivity contribution >= 4 is 40.3 Å². The zero-order chi connectivity index (χ0) is 8.97. The van der Waals surface area contributed by atoms with E-state index in [4.69, 9.17) is 11.6 Å². The van der Waals surface area contributed by atoms with E-state index >= 15 is 0 Å². The molecule has 0 unspecified atom stereocenters. The van der Waals surface area contributed by atoms with Gasteiger partial charge in [-0.05, 0) is 28.7 Å². The number of alkyl halides is 1. The Morgan fingerprint density at radius 2 is 2.42 bits per heavy atom. The van der Waals surface area contributed by atoms with E-state index in [0.29, 0.717) is 11.4 Å². The normalized spacial score (nSPS) is 10.9. The summed E-state index contributed by atoms with van der Waals surface area (Å²) in [6.07, 6.45) is 4.76. The Bertz CT molecular complexity index is 281. The van der Waals surface area contributed by atoms with Crippen LogP contribution in [0.2, 0.25) is 0 Å². The lowest BCUT2D eigenvalue weighted by Gasteiger charge is -1.97. The summed E-state index contributed by atoms with van der Waals surface area (Å²) in [5, 5.41) is 0. The molecule has 1 aromatic rings. The average Bonchev–Trinajstić information content (AvgIpc) is 2.04. The molecular weight excluding hydrogens is 291 g/mol. The van der Waals surface area contributed by atoms with Gasteiger partial charge in [0, 0.05) is 21.2 Å². The number of hydrogen-bond donors (Lipinski definition) is 0. The van der Waals surface area contributed by atoms with Crippen LogP contribution in [0.5, 0.6) is 0 Å². The molecule has 0 aliphatic carbocycles. The Labute approximate surface area is 88.8 Å². The fraction of sp³-hybridized carbons (Fsp3) is 0.125. The van der Waals surface area contributed by atoms with Crippen LogP contribution in [-0.2, 0) is 0 Å². The Balaban J connectivity index is 3.04. The molecule has 1 rings (SSSR count). The molecule has 0 aliphatic heterocycles. The van der Waals surface area contributed by atoms with Gasteiger partial charge in [-0.25, -0.2) is 4.98 Å². The molecule has 1 heterocycles. The van der Waals surface area contributed by atoms with Gasteiger partial charge >= 0.3 is 0 Å². The van der Waals surface area contributed by atoms with E-state index in [9.17, 15) is 4.39 Å². The minimum Gasteiger partial charge on any atom is -0.228 e. The highest BCUT2D eigenvalue weighted by molar-refractivity contribution is 14.1. The van der Waals surface area contributed by atoms with Crippen molar-refractivity contribution in [1.82, 2.24) is 4.98 Å². The van der Waals surface area contributed by atoms with Crippen LogP contribution in [0.15, 0.2) is 18.3 Å². The molecule has 0 aromatic carbocycles. The van der Waals surface area contributed by atoms with Gasteiger partial charge in [0.25, 0.3) is 0 Å². The van der Waals surface area contributed by atoms with Gasteiger partial charge in [-0.3, -0.25) is 0 Å². The lowest BCUT2D eigenvalue weighted by Crippen LogP contribution is -1.90. The molecule has 0 amide bonds. The van der Waals surface area contributed by atoms with Crippen LogP contribution in [0.1, 0.15) is 5.56 Å². The van der Waals surface area contributed by atoms with Crippen molar-refractivity contribution < 1.29 is 4.39 Å². The monoisotopic (exact) mass is 297 g/mol. The van der Waals surface area contributed by atoms with Gasteiger partial charge < -0.3 is 0 Å². The highest BCUT2D eigenvalue weighted by Crippen LogP contribution is 2.15. The number of pyridine rings is 1. The Hall–Kier alpha value is -0.160. The van der Waals surface area contributed by atoms with Crippen molar-refractivity contribution in [1.29, 1.82) is 0 Å². The Morgan fingerprint density at radius 3 is 3.00 bits per heavy atom. The van der Waals surface area contributed by atoms with E-state index in [0.717, 1.165) is 3.57 Å². The second kappa shape index (κ2) is 4.77. The first-order valence-electron chi connectivity index (χ1n) is 3.28. The summed E-state index contributed by atoms with van der Waals surface area (Å²) in [5.41, 5.74) is 0.499. The van der Waals surface area contributed by atoms with Crippen molar-refractivity contribution in [3.63, 3.8) is 0 Å². The van der Waals surface area contributed by atoms with Crippen molar-refractivity contribution in [2.75, 3.05) is 5.88 Å². The standard InChI is InChI=1S/C8H6ClFIN/c9-4-1-2-6-7(11)3-5-12-8(6)10/h1-3,5H,4H2. The van der Waals surface area contributed by atoms with Gasteiger partial charge in [0.05, 0.1) is 0 Å². The SMILES string of the molecule is Fc1nccc(I)c1C=CCCl. The van der Waals surface area contributed by atoms with Crippen molar-refractivity contribution in [3.8, 4) is 0 Å². The van der Waals surface area contributed by atoms with Crippen LogP contribution in [0.3, 0.4) is 0 Å². The van der Waals surface area contributed by atoms with Crippen LogP contribution < -0.4 is 0 Å². The molecule has 0 radical (unpaired) electrons. The Morgan fingerprint density at radius 1 is 1.67 bits per heavy atom. The maximum Gasteiger partial charge on any atom is 0.221 e. The fourth-order valence-corrected chi connectivity index (χ4v) is 1.39. The average molecular weight is 297 g/mol. The molecule has 4 heteroatoms. The quantitative estimate of drug-likeness (QED) is 0.464. The number of hydrogen-bond acceptors (Lipinski definition) is 1. The lowest BCUT2D eigenvalue weighted by molar-refractivity contribution is 0.579.